The van der Waals surface area contributed by atoms with Gasteiger partial charge >= 0.3 is 0 Å². The van der Waals surface area contributed by atoms with E-state index in [0.29, 0.717) is 62.5 Å². The van der Waals surface area contributed by atoms with Crippen LogP contribution in [-0.4, -0.2) is 67.9 Å². The van der Waals surface area contributed by atoms with Gasteiger partial charge in [-0.1, -0.05) is 67.8 Å². The maximum atomic E-state index is 13.6. The summed E-state index contributed by atoms with van der Waals surface area (Å²) in [6, 6.07) is 18.6. The molecule has 208 valence electrons. The fraction of sp³-hybridized carbons (Fsp3) is 0.448. The molecule has 1 N–H and O–H groups in total. The van der Waals surface area contributed by atoms with Crippen LogP contribution in [0.2, 0.25) is 0 Å². The monoisotopic (exact) mass is 551 g/mol. The van der Waals surface area contributed by atoms with Crippen LogP contribution in [0.15, 0.2) is 71.7 Å². The highest BCUT2D eigenvalue weighted by atomic mass is 32.2. The first-order chi connectivity index (χ1) is 19.0. The van der Waals surface area contributed by atoms with Gasteiger partial charge in [-0.2, -0.15) is 14.1 Å². The van der Waals surface area contributed by atoms with Crippen molar-refractivity contribution in [2.45, 2.75) is 44.0 Å². The van der Waals surface area contributed by atoms with Crippen molar-refractivity contribution in [3.8, 4) is 5.69 Å². The molecule has 5 rings (SSSR count). The lowest BCUT2D eigenvalue weighted by molar-refractivity contribution is 0.0347. The Bertz CT molecular complexity index is 1370. The summed E-state index contributed by atoms with van der Waals surface area (Å²) < 4.78 is 35.1. The number of sulfonamides is 1. The van der Waals surface area contributed by atoms with Crippen molar-refractivity contribution in [1.82, 2.24) is 14.1 Å². The van der Waals surface area contributed by atoms with Crippen LogP contribution in [0.25, 0.3) is 5.69 Å². The zero-order valence-electron chi connectivity index (χ0n) is 22.2. The van der Waals surface area contributed by atoms with Crippen molar-refractivity contribution in [3.05, 3.63) is 82.8 Å². The molecule has 1 aromatic heterocycles. The van der Waals surface area contributed by atoms with Crippen molar-refractivity contribution >= 4 is 21.4 Å². The third kappa shape index (κ3) is 6.87. The summed E-state index contributed by atoms with van der Waals surface area (Å²) in [7, 11) is -3.44. The maximum Gasteiger partial charge on any atom is 0.296 e. The van der Waals surface area contributed by atoms with E-state index in [-0.39, 0.29) is 11.3 Å². The number of aromatic nitrogens is 2. The molecule has 0 spiro atoms. The van der Waals surface area contributed by atoms with Gasteiger partial charge in [0, 0.05) is 32.7 Å². The number of benzene rings is 2. The molecular formula is C29H37N5O4S. The molecule has 0 atom stereocenters. The van der Waals surface area contributed by atoms with E-state index in [1.54, 1.807) is 10.5 Å². The maximum absolute atomic E-state index is 13.6. The molecule has 0 unspecified atom stereocenters. The second-order valence-corrected chi connectivity index (χ2v) is 12.1. The first-order valence-corrected chi connectivity index (χ1v) is 15.4. The summed E-state index contributed by atoms with van der Waals surface area (Å²) in [5.74, 6) is -0.0175. The highest BCUT2D eigenvalue weighted by Crippen LogP contribution is 2.25. The molecule has 39 heavy (non-hydrogen) atoms. The second kappa shape index (κ2) is 12.8. The van der Waals surface area contributed by atoms with Gasteiger partial charge in [-0.25, -0.2) is 8.42 Å². The fourth-order valence-corrected chi connectivity index (χ4v) is 6.84. The van der Waals surface area contributed by atoms with E-state index >= 15 is 0 Å². The van der Waals surface area contributed by atoms with E-state index in [9.17, 15) is 13.2 Å². The Kier molecular flexibility index (Phi) is 8.95. The predicted molar refractivity (Wildman–Crippen MR) is 154 cm³/mol. The van der Waals surface area contributed by atoms with Crippen molar-refractivity contribution in [2.24, 2.45) is 0 Å². The van der Waals surface area contributed by atoms with Gasteiger partial charge in [-0.15, -0.1) is 0 Å². The number of hydrogen-bond donors (Lipinski definition) is 1. The van der Waals surface area contributed by atoms with E-state index in [0.717, 1.165) is 18.4 Å². The zero-order valence-corrected chi connectivity index (χ0v) is 23.1. The number of rotatable bonds is 10. The molecule has 2 fully saturated rings. The number of nitrogens with zero attached hydrogens (tertiary/aromatic N) is 4. The molecule has 2 heterocycles. The Labute approximate surface area is 230 Å². The largest absolute Gasteiger partial charge is 0.376 e. The Morgan fingerprint density at radius 2 is 1.56 bits per heavy atom. The summed E-state index contributed by atoms with van der Waals surface area (Å²) in [5, 5.41) is 7.80. The van der Waals surface area contributed by atoms with Gasteiger partial charge in [0.05, 0.1) is 36.0 Å². The molecule has 0 radical (unpaired) electrons. The minimum Gasteiger partial charge on any atom is -0.376 e. The van der Waals surface area contributed by atoms with Crippen molar-refractivity contribution in [1.29, 1.82) is 0 Å². The lowest BCUT2D eigenvalue weighted by Crippen LogP contribution is -2.49. The highest BCUT2D eigenvalue weighted by molar-refractivity contribution is 7.88. The Morgan fingerprint density at radius 3 is 2.26 bits per heavy atom. The summed E-state index contributed by atoms with van der Waals surface area (Å²) >= 11 is 0. The minimum absolute atomic E-state index is 0.0175. The number of anilines is 2. The molecule has 1 aliphatic heterocycles. The summed E-state index contributed by atoms with van der Waals surface area (Å²) in [6.45, 7) is 2.66. The number of ether oxygens (including phenoxy) is 1. The highest BCUT2D eigenvalue weighted by Gasteiger charge is 2.29. The van der Waals surface area contributed by atoms with Crippen LogP contribution >= 0.6 is 0 Å². The lowest BCUT2D eigenvalue weighted by Gasteiger charge is -2.36. The minimum atomic E-state index is -3.44. The average molecular weight is 552 g/mol. The number of para-hydroxylation sites is 1. The SMILES string of the molecule is O=c1c(NCCOC2CCCCC2)c(N2CCN(S(=O)(=O)Cc3ccccc3)CC2)cnn1-c1ccccc1. The van der Waals surface area contributed by atoms with Gasteiger partial charge in [-0.3, -0.25) is 4.79 Å². The van der Waals surface area contributed by atoms with Crippen LogP contribution in [0, 0.1) is 0 Å². The second-order valence-electron chi connectivity index (χ2n) is 10.1. The van der Waals surface area contributed by atoms with Crippen LogP contribution in [0.5, 0.6) is 0 Å². The van der Waals surface area contributed by atoms with Crippen LogP contribution in [-0.2, 0) is 20.5 Å². The van der Waals surface area contributed by atoms with Gasteiger partial charge in [0.2, 0.25) is 10.0 Å². The predicted octanol–water partition coefficient (Wildman–Crippen LogP) is 3.65. The average Bonchev–Trinajstić information content (AvgIpc) is 2.97. The molecule has 1 saturated heterocycles. The number of hydrogen-bond acceptors (Lipinski definition) is 7. The smallest absolute Gasteiger partial charge is 0.296 e. The molecule has 1 aliphatic carbocycles. The molecule has 0 bridgehead atoms. The lowest BCUT2D eigenvalue weighted by atomic mass is 9.98. The third-order valence-corrected chi connectivity index (χ3v) is 9.28. The van der Waals surface area contributed by atoms with Crippen LogP contribution in [0.1, 0.15) is 37.7 Å². The Balaban J connectivity index is 1.30. The van der Waals surface area contributed by atoms with E-state index in [4.69, 9.17) is 4.74 Å². The van der Waals surface area contributed by atoms with E-state index < -0.39 is 10.0 Å². The zero-order chi connectivity index (χ0) is 27.1. The van der Waals surface area contributed by atoms with Gasteiger partial charge < -0.3 is 15.0 Å². The molecule has 0 amide bonds. The van der Waals surface area contributed by atoms with Crippen LogP contribution < -0.4 is 15.8 Å². The first-order valence-electron chi connectivity index (χ1n) is 13.8. The number of nitrogens with one attached hydrogen (secondary N) is 1. The molecule has 2 aliphatic rings. The molecule has 1 saturated carbocycles. The summed E-state index contributed by atoms with van der Waals surface area (Å²) in [5.41, 5.74) is 2.37. The van der Waals surface area contributed by atoms with Crippen molar-refractivity contribution in [3.63, 3.8) is 0 Å². The normalized spacial score (nSPS) is 17.3. The first kappa shape index (κ1) is 27.4. The number of piperazine rings is 1. The standard InChI is InChI=1S/C29H37N5O4S/c35-29-28(30-16-21-38-26-14-8-3-9-15-26)27(22-31-34(29)25-12-6-2-7-13-25)32-17-19-33(20-18-32)39(36,37)23-24-10-4-1-5-11-24/h1-2,4-7,10-13,22,26,30H,3,8-9,14-21,23H2. The van der Waals surface area contributed by atoms with Crippen molar-refractivity contribution in [2.75, 3.05) is 49.5 Å². The fourth-order valence-electron chi connectivity index (χ4n) is 5.32. The van der Waals surface area contributed by atoms with Crippen LogP contribution in [0.3, 0.4) is 0 Å². The van der Waals surface area contributed by atoms with Gasteiger partial charge in [0.15, 0.2) is 0 Å². The molecule has 9 nitrogen and oxygen atoms in total. The van der Waals surface area contributed by atoms with Gasteiger partial charge in [-0.05, 0) is 30.5 Å². The van der Waals surface area contributed by atoms with Gasteiger partial charge in [0.25, 0.3) is 5.56 Å². The van der Waals surface area contributed by atoms with Crippen molar-refractivity contribution < 1.29 is 13.2 Å². The Hall–Kier alpha value is -3.21. The third-order valence-electron chi connectivity index (χ3n) is 7.43. The van der Waals surface area contributed by atoms with Crippen LogP contribution in [0.4, 0.5) is 11.4 Å². The van der Waals surface area contributed by atoms with E-state index in [1.807, 2.05) is 65.6 Å². The molecule has 10 heteroatoms. The Morgan fingerprint density at radius 1 is 0.897 bits per heavy atom. The molecule has 2 aromatic carbocycles. The van der Waals surface area contributed by atoms with Gasteiger partial charge in [0.1, 0.15) is 5.69 Å². The molecule has 3 aromatic rings. The summed E-state index contributed by atoms with van der Waals surface area (Å²) in [6.07, 6.45) is 7.88. The van der Waals surface area contributed by atoms with E-state index in [1.165, 1.54) is 23.9 Å². The topological polar surface area (TPSA) is 96.8 Å². The summed E-state index contributed by atoms with van der Waals surface area (Å²) in [4.78, 5) is 15.7. The quantitative estimate of drug-likeness (QED) is 0.384. The molecular weight excluding hydrogens is 514 g/mol. The van der Waals surface area contributed by atoms with E-state index in [2.05, 4.69) is 10.4 Å².